The van der Waals surface area contributed by atoms with Crippen LogP contribution in [0.2, 0.25) is 0 Å². The Morgan fingerprint density at radius 1 is 1.14 bits per heavy atom. The molecule has 3 aromatic rings. The van der Waals surface area contributed by atoms with Crippen molar-refractivity contribution in [1.29, 1.82) is 0 Å². The third kappa shape index (κ3) is 6.75. The van der Waals surface area contributed by atoms with Crippen molar-refractivity contribution >= 4 is 23.5 Å². The zero-order valence-corrected chi connectivity index (χ0v) is 19.3. The number of benzene rings is 1. The molecule has 9 heteroatoms. The number of halogens is 1. The van der Waals surface area contributed by atoms with E-state index in [0.717, 1.165) is 17.5 Å². The zero-order chi connectivity index (χ0) is 24.6. The molecule has 0 saturated carbocycles. The minimum absolute atomic E-state index is 0.0705. The number of carboxylic acids is 1. The summed E-state index contributed by atoms with van der Waals surface area (Å²) in [5.74, 6) is -0.167. The first kappa shape index (κ1) is 24.1. The minimum Gasteiger partial charge on any atom is -0.481 e. The highest BCUT2D eigenvalue weighted by Crippen LogP contribution is 2.27. The molecule has 8 nitrogen and oxygen atoms in total. The maximum absolute atomic E-state index is 13.5. The van der Waals surface area contributed by atoms with E-state index in [1.807, 2.05) is 23.1 Å². The molecule has 1 unspecified atom stereocenters. The average Bonchev–Trinajstić information content (AvgIpc) is 3.31. The van der Waals surface area contributed by atoms with Crippen molar-refractivity contribution in [2.75, 3.05) is 29.9 Å². The van der Waals surface area contributed by atoms with E-state index in [2.05, 4.69) is 15.6 Å². The van der Waals surface area contributed by atoms with Crippen LogP contribution in [0.4, 0.5) is 16.0 Å². The van der Waals surface area contributed by atoms with Gasteiger partial charge < -0.3 is 20.6 Å². The van der Waals surface area contributed by atoms with E-state index in [0.29, 0.717) is 49.8 Å². The lowest BCUT2D eigenvalue weighted by Gasteiger charge is -2.20. The molecule has 2 aromatic heterocycles. The average molecular weight is 478 g/mol. The Morgan fingerprint density at radius 3 is 2.77 bits per heavy atom. The van der Waals surface area contributed by atoms with E-state index in [4.69, 9.17) is 10.1 Å². The highest BCUT2D eigenvalue weighted by Gasteiger charge is 2.26. The van der Waals surface area contributed by atoms with Gasteiger partial charge in [0.15, 0.2) is 0 Å². The smallest absolute Gasteiger partial charge is 0.303 e. The topological polar surface area (TPSA) is 107 Å². The molecule has 3 N–H and O–H groups in total. The zero-order valence-electron chi connectivity index (χ0n) is 19.3. The summed E-state index contributed by atoms with van der Waals surface area (Å²) in [7, 11) is 0. The van der Waals surface area contributed by atoms with Crippen LogP contribution in [-0.4, -0.2) is 46.6 Å². The van der Waals surface area contributed by atoms with Crippen LogP contribution in [0.25, 0.3) is 0 Å². The number of nitrogens with zero attached hydrogens (tertiary/aromatic N) is 3. The van der Waals surface area contributed by atoms with E-state index in [9.17, 15) is 14.0 Å². The summed E-state index contributed by atoms with van der Waals surface area (Å²) in [4.78, 5) is 34.9. The first-order valence-corrected chi connectivity index (χ1v) is 11.6. The lowest BCUT2D eigenvalue weighted by atomic mass is 10.1. The highest BCUT2D eigenvalue weighted by molar-refractivity contribution is 5.99. The molecule has 1 amide bonds. The summed E-state index contributed by atoms with van der Waals surface area (Å²) >= 11 is 0. The van der Waals surface area contributed by atoms with Crippen molar-refractivity contribution in [2.45, 2.75) is 25.8 Å². The van der Waals surface area contributed by atoms with Crippen LogP contribution in [0.15, 0.2) is 60.9 Å². The molecule has 182 valence electrons. The number of carbonyl (C=O) groups is 2. The Bertz CT molecular complexity index is 1170. The van der Waals surface area contributed by atoms with Gasteiger partial charge in [-0.2, -0.15) is 0 Å². The third-order valence-corrected chi connectivity index (χ3v) is 5.97. The third-order valence-electron chi connectivity index (χ3n) is 5.97. The van der Waals surface area contributed by atoms with E-state index >= 15 is 0 Å². The number of aromatic nitrogens is 2. The summed E-state index contributed by atoms with van der Waals surface area (Å²) < 4.78 is 13.5. The Balaban J connectivity index is 1.48. The number of anilines is 2. The Kier molecular flexibility index (Phi) is 7.87. The summed E-state index contributed by atoms with van der Waals surface area (Å²) in [6.45, 7) is 2.11. The molecule has 1 aliphatic heterocycles. The number of aliphatic carboxylic acids is 1. The van der Waals surface area contributed by atoms with Gasteiger partial charge in [0.25, 0.3) is 5.91 Å². The molecule has 1 saturated heterocycles. The van der Waals surface area contributed by atoms with Crippen molar-refractivity contribution in [3.8, 4) is 0 Å². The lowest BCUT2D eigenvalue weighted by Crippen LogP contribution is -2.26. The van der Waals surface area contributed by atoms with Crippen LogP contribution in [0, 0.1) is 11.7 Å². The molecule has 35 heavy (non-hydrogen) atoms. The SMILES string of the molecule is O=C(O)CC1CCN(c2ccc(C(=O)NCc3cccnc3)c(NCCc3cccc(F)c3)n2)C1. The molecule has 1 fully saturated rings. The van der Waals surface area contributed by atoms with Gasteiger partial charge >= 0.3 is 5.97 Å². The molecule has 0 aliphatic carbocycles. The van der Waals surface area contributed by atoms with Crippen molar-refractivity contribution in [2.24, 2.45) is 5.92 Å². The second kappa shape index (κ2) is 11.4. The minimum atomic E-state index is -0.801. The summed E-state index contributed by atoms with van der Waals surface area (Å²) in [5, 5.41) is 15.2. The molecule has 1 aromatic carbocycles. The number of nitrogens with one attached hydrogen (secondary N) is 2. The number of amides is 1. The number of hydrogen-bond acceptors (Lipinski definition) is 6. The molecular formula is C26H28FN5O3. The molecule has 0 radical (unpaired) electrons. The number of rotatable bonds is 10. The first-order valence-electron chi connectivity index (χ1n) is 11.6. The van der Waals surface area contributed by atoms with Crippen LogP contribution in [0.3, 0.4) is 0 Å². The normalized spacial score (nSPS) is 15.1. The predicted molar refractivity (Wildman–Crippen MR) is 131 cm³/mol. The fourth-order valence-electron chi connectivity index (χ4n) is 4.20. The maximum atomic E-state index is 13.5. The van der Waals surface area contributed by atoms with Gasteiger partial charge in [-0.1, -0.05) is 18.2 Å². The maximum Gasteiger partial charge on any atom is 0.303 e. The molecule has 4 rings (SSSR count). The van der Waals surface area contributed by atoms with Crippen molar-refractivity contribution in [3.05, 3.63) is 83.4 Å². The molecule has 0 spiro atoms. The van der Waals surface area contributed by atoms with E-state index in [-0.39, 0.29) is 24.1 Å². The van der Waals surface area contributed by atoms with E-state index < -0.39 is 5.97 Å². The van der Waals surface area contributed by atoms with Crippen LogP contribution < -0.4 is 15.5 Å². The van der Waals surface area contributed by atoms with Crippen molar-refractivity contribution in [1.82, 2.24) is 15.3 Å². The largest absolute Gasteiger partial charge is 0.481 e. The highest BCUT2D eigenvalue weighted by atomic mass is 19.1. The lowest BCUT2D eigenvalue weighted by molar-refractivity contribution is -0.137. The van der Waals surface area contributed by atoms with Gasteiger partial charge in [-0.3, -0.25) is 14.6 Å². The second-order valence-corrected chi connectivity index (χ2v) is 8.61. The molecule has 3 heterocycles. The van der Waals surface area contributed by atoms with E-state index in [1.165, 1.54) is 12.1 Å². The van der Waals surface area contributed by atoms with Gasteiger partial charge in [-0.25, -0.2) is 9.37 Å². The van der Waals surface area contributed by atoms with Gasteiger partial charge in [0.2, 0.25) is 0 Å². The second-order valence-electron chi connectivity index (χ2n) is 8.61. The molecule has 1 aliphatic rings. The molecular weight excluding hydrogens is 449 g/mol. The van der Waals surface area contributed by atoms with Gasteiger partial charge in [-0.05, 0) is 60.2 Å². The summed E-state index contributed by atoms with van der Waals surface area (Å²) in [5.41, 5.74) is 2.12. The first-order chi connectivity index (χ1) is 17.0. The number of carboxylic acid groups (broad SMARTS) is 1. The van der Waals surface area contributed by atoms with Gasteiger partial charge in [-0.15, -0.1) is 0 Å². The fraction of sp³-hybridized carbons (Fsp3) is 0.308. The van der Waals surface area contributed by atoms with Crippen LogP contribution >= 0.6 is 0 Å². The number of pyridine rings is 2. The van der Waals surface area contributed by atoms with Crippen LogP contribution in [0.5, 0.6) is 0 Å². The molecule has 0 bridgehead atoms. The van der Waals surface area contributed by atoms with Gasteiger partial charge in [0.1, 0.15) is 17.5 Å². The number of carbonyl (C=O) groups excluding carboxylic acids is 1. The standard InChI is InChI=1S/C26H28FN5O3/c27-21-5-1-3-18(13-21)8-11-29-25-22(26(35)30-16-20-4-2-10-28-15-20)6-7-23(31-25)32-12-9-19(17-32)14-24(33)34/h1-7,10,13,15,19H,8-9,11-12,14,16-17H2,(H,29,31)(H,30,35)(H,33,34). The Morgan fingerprint density at radius 2 is 2.00 bits per heavy atom. The molecule has 1 atom stereocenters. The summed E-state index contributed by atoms with van der Waals surface area (Å²) in [6.07, 6.45) is 4.84. The Labute approximate surface area is 203 Å². The van der Waals surface area contributed by atoms with Crippen molar-refractivity contribution in [3.63, 3.8) is 0 Å². The van der Waals surface area contributed by atoms with Crippen LogP contribution in [-0.2, 0) is 17.8 Å². The van der Waals surface area contributed by atoms with Gasteiger partial charge in [0.05, 0.1) is 5.56 Å². The van der Waals surface area contributed by atoms with Crippen molar-refractivity contribution < 1.29 is 19.1 Å². The van der Waals surface area contributed by atoms with Gasteiger partial charge in [0, 0.05) is 45.0 Å². The monoisotopic (exact) mass is 477 g/mol. The fourth-order valence-corrected chi connectivity index (χ4v) is 4.20. The number of hydrogen-bond donors (Lipinski definition) is 3. The predicted octanol–water partition coefficient (Wildman–Crippen LogP) is 3.50. The van der Waals surface area contributed by atoms with E-state index in [1.54, 1.807) is 30.6 Å². The Hall–Kier alpha value is -4.01. The van der Waals surface area contributed by atoms with Crippen LogP contribution in [0.1, 0.15) is 34.3 Å². The summed E-state index contributed by atoms with van der Waals surface area (Å²) in [6, 6.07) is 13.6. The quantitative estimate of drug-likeness (QED) is 0.410.